The van der Waals surface area contributed by atoms with Crippen molar-refractivity contribution in [1.29, 1.82) is 0 Å². The van der Waals surface area contributed by atoms with Crippen molar-refractivity contribution < 1.29 is 9.47 Å². The van der Waals surface area contributed by atoms with Gasteiger partial charge in [0, 0.05) is 12.1 Å². The Morgan fingerprint density at radius 1 is 0.643 bits per heavy atom. The Kier molecular flexibility index (Phi) is 5.83. The molecule has 0 spiro atoms. The highest BCUT2D eigenvalue weighted by atomic mass is 16.6. The van der Waals surface area contributed by atoms with Crippen molar-refractivity contribution in [2.75, 3.05) is 13.1 Å². The molecule has 4 rings (SSSR count). The number of likely N-dealkylation sites (N-methyl/N-ethyl adjacent to an activating group) is 2. The molecule has 0 aliphatic carbocycles. The van der Waals surface area contributed by atoms with Gasteiger partial charge in [-0.05, 0) is 38.1 Å². The summed E-state index contributed by atoms with van der Waals surface area (Å²) in [5.74, 6) is 0. The van der Waals surface area contributed by atoms with Crippen LogP contribution in [-0.4, -0.2) is 47.4 Å². The van der Waals surface area contributed by atoms with Crippen LogP contribution >= 0.6 is 0 Å². The molecule has 0 unspecified atom stereocenters. The molecule has 0 bridgehead atoms. The van der Waals surface area contributed by atoms with Crippen molar-refractivity contribution in [3.63, 3.8) is 0 Å². The highest BCUT2D eigenvalue weighted by Gasteiger charge is 2.50. The van der Waals surface area contributed by atoms with E-state index >= 15 is 0 Å². The first-order valence-corrected chi connectivity index (χ1v) is 10.6. The van der Waals surface area contributed by atoms with E-state index in [1.807, 2.05) is 0 Å². The van der Waals surface area contributed by atoms with Crippen LogP contribution in [0.25, 0.3) is 0 Å². The zero-order valence-corrected chi connectivity index (χ0v) is 17.4. The number of hydrogen-bond acceptors (Lipinski definition) is 4. The van der Waals surface area contributed by atoms with E-state index in [0.29, 0.717) is 12.1 Å². The lowest BCUT2D eigenvalue weighted by Crippen LogP contribution is -2.50. The predicted molar refractivity (Wildman–Crippen MR) is 112 cm³/mol. The molecule has 0 aromatic heterocycles. The molecule has 4 heteroatoms. The van der Waals surface area contributed by atoms with Gasteiger partial charge in [-0.25, -0.2) is 0 Å². The topological polar surface area (TPSA) is 24.9 Å². The normalized spacial score (nSPS) is 34.1. The number of benzene rings is 2. The molecule has 0 radical (unpaired) electrons. The second-order valence-corrected chi connectivity index (χ2v) is 7.86. The Hall–Kier alpha value is -1.72. The molecule has 6 atom stereocenters. The standard InChI is InChI=1S/C24H32N2O2/c1-5-25-17(3)21(19-13-9-7-10-14-19)27-23(25)24-26(6-2)18(4)22(28-24)20-15-11-8-12-16-20/h7-18,21-24H,5-6H2,1-4H3/t17-,18-,21-,22-,23+,24+/m0/s1. The maximum absolute atomic E-state index is 6.67. The molecule has 2 aliphatic heterocycles. The summed E-state index contributed by atoms with van der Waals surface area (Å²) in [7, 11) is 0. The SMILES string of the molecule is CCN1[C@@H]([C@H]2O[C@H](c3ccccc3)[C@H](C)N2CC)O[C@H](c2ccccc2)[C@@H]1C. The van der Waals surface area contributed by atoms with Crippen molar-refractivity contribution in [3.05, 3.63) is 71.8 Å². The smallest absolute Gasteiger partial charge is 0.152 e. The molecule has 4 nitrogen and oxygen atoms in total. The molecule has 28 heavy (non-hydrogen) atoms. The van der Waals surface area contributed by atoms with E-state index in [1.54, 1.807) is 0 Å². The summed E-state index contributed by atoms with van der Waals surface area (Å²) in [5.41, 5.74) is 2.48. The molecule has 2 aromatic carbocycles. The molecule has 2 heterocycles. The summed E-state index contributed by atoms with van der Waals surface area (Å²) in [6.45, 7) is 10.8. The lowest BCUT2D eigenvalue weighted by molar-refractivity contribution is -0.141. The summed E-state index contributed by atoms with van der Waals surface area (Å²) in [5, 5.41) is 0. The van der Waals surface area contributed by atoms with E-state index in [9.17, 15) is 0 Å². The fraction of sp³-hybridized carbons (Fsp3) is 0.500. The summed E-state index contributed by atoms with van der Waals surface area (Å²) in [6.07, 6.45) is 0.00158. The Balaban J connectivity index is 1.61. The minimum Gasteiger partial charge on any atom is -0.349 e. The van der Waals surface area contributed by atoms with Gasteiger partial charge in [0.2, 0.25) is 0 Å². The van der Waals surface area contributed by atoms with Gasteiger partial charge in [-0.2, -0.15) is 0 Å². The summed E-state index contributed by atoms with van der Waals surface area (Å²) < 4.78 is 13.3. The Morgan fingerprint density at radius 2 is 1.00 bits per heavy atom. The lowest BCUT2D eigenvalue weighted by atomic mass is 10.0. The van der Waals surface area contributed by atoms with Crippen LogP contribution < -0.4 is 0 Å². The number of hydrogen-bond donors (Lipinski definition) is 0. The number of ether oxygens (including phenoxy) is 2. The van der Waals surface area contributed by atoms with E-state index < -0.39 is 0 Å². The fourth-order valence-electron chi connectivity index (χ4n) is 4.89. The van der Waals surface area contributed by atoms with Crippen molar-refractivity contribution in [2.45, 2.75) is 64.4 Å². The van der Waals surface area contributed by atoms with Crippen molar-refractivity contribution >= 4 is 0 Å². The van der Waals surface area contributed by atoms with Crippen LogP contribution in [-0.2, 0) is 9.47 Å². The lowest BCUT2D eigenvalue weighted by Gasteiger charge is -2.33. The average Bonchev–Trinajstić information content (AvgIpc) is 3.25. The van der Waals surface area contributed by atoms with Crippen LogP contribution in [0.4, 0.5) is 0 Å². The average molecular weight is 381 g/mol. The van der Waals surface area contributed by atoms with Gasteiger partial charge >= 0.3 is 0 Å². The number of rotatable bonds is 5. The molecule has 150 valence electrons. The van der Waals surface area contributed by atoms with E-state index in [-0.39, 0.29) is 24.7 Å². The molecule has 2 saturated heterocycles. The van der Waals surface area contributed by atoms with Crippen molar-refractivity contribution in [2.24, 2.45) is 0 Å². The highest BCUT2D eigenvalue weighted by molar-refractivity contribution is 5.22. The third-order valence-electron chi connectivity index (χ3n) is 6.38. The predicted octanol–water partition coefficient (Wildman–Crippen LogP) is 4.60. The van der Waals surface area contributed by atoms with Crippen LogP contribution in [0.2, 0.25) is 0 Å². The van der Waals surface area contributed by atoms with Gasteiger partial charge in [0.05, 0.1) is 0 Å². The Morgan fingerprint density at radius 3 is 1.32 bits per heavy atom. The first-order chi connectivity index (χ1) is 13.7. The van der Waals surface area contributed by atoms with Gasteiger partial charge in [-0.1, -0.05) is 74.5 Å². The minimum absolute atomic E-state index is 0.0682. The van der Waals surface area contributed by atoms with E-state index in [2.05, 4.69) is 98.2 Å². The van der Waals surface area contributed by atoms with Gasteiger partial charge in [0.15, 0.2) is 12.5 Å². The fourth-order valence-corrected chi connectivity index (χ4v) is 4.89. The van der Waals surface area contributed by atoms with Crippen LogP contribution in [0.15, 0.2) is 60.7 Å². The quantitative estimate of drug-likeness (QED) is 0.757. The monoisotopic (exact) mass is 380 g/mol. The Bertz CT molecular complexity index is 688. The molecule has 0 amide bonds. The maximum atomic E-state index is 6.67. The van der Waals surface area contributed by atoms with Crippen LogP contribution in [0.1, 0.15) is 51.0 Å². The second-order valence-electron chi connectivity index (χ2n) is 7.86. The largest absolute Gasteiger partial charge is 0.349 e. The van der Waals surface area contributed by atoms with E-state index in [1.165, 1.54) is 11.1 Å². The van der Waals surface area contributed by atoms with Gasteiger partial charge in [-0.3, -0.25) is 9.80 Å². The summed E-state index contributed by atoms with van der Waals surface area (Å²) in [6, 6.07) is 21.8. The molecule has 0 N–H and O–H groups in total. The van der Waals surface area contributed by atoms with Gasteiger partial charge in [0.25, 0.3) is 0 Å². The number of nitrogens with zero attached hydrogens (tertiary/aromatic N) is 2. The van der Waals surface area contributed by atoms with E-state index in [4.69, 9.17) is 9.47 Å². The molecule has 2 fully saturated rings. The summed E-state index contributed by atoms with van der Waals surface area (Å²) >= 11 is 0. The minimum atomic E-state index is -0.0682. The van der Waals surface area contributed by atoms with Crippen LogP contribution in [0.3, 0.4) is 0 Å². The van der Waals surface area contributed by atoms with Crippen LogP contribution in [0.5, 0.6) is 0 Å². The Labute approximate surface area is 169 Å². The molecular weight excluding hydrogens is 348 g/mol. The van der Waals surface area contributed by atoms with Crippen molar-refractivity contribution in [3.8, 4) is 0 Å². The van der Waals surface area contributed by atoms with Gasteiger partial charge in [-0.15, -0.1) is 0 Å². The molecule has 2 aliphatic rings. The summed E-state index contributed by atoms with van der Waals surface area (Å²) in [4.78, 5) is 4.90. The maximum Gasteiger partial charge on any atom is 0.152 e. The van der Waals surface area contributed by atoms with E-state index in [0.717, 1.165) is 13.1 Å². The van der Waals surface area contributed by atoms with Crippen molar-refractivity contribution in [1.82, 2.24) is 9.80 Å². The first-order valence-electron chi connectivity index (χ1n) is 10.6. The second kappa shape index (κ2) is 8.34. The zero-order valence-electron chi connectivity index (χ0n) is 17.4. The van der Waals surface area contributed by atoms with Gasteiger partial charge < -0.3 is 9.47 Å². The highest BCUT2D eigenvalue weighted by Crippen LogP contribution is 2.42. The zero-order chi connectivity index (χ0) is 19.7. The third kappa shape index (κ3) is 3.39. The molecular formula is C24H32N2O2. The first kappa shape index (κ1) is 19.6. The molecule has 0 saturated carbocycles. The third-order valence-corrected chi connectivity index (χ3v) is 6.38. The van der Waals surface area contributed by atoms with Crippen LogP contribution in [0, 0.1) is 0 Å². The molecule has 2 aromatic rings. The van der Waals surface area contributed by atoms with Gasteiger partial charge in [0.1, 0.15) is 12.2 Å².